The second-order valence-corrected chi connectivity index (χ2v) is 5.79. The summed E-state index contributed by atoms with van der Waals surface area (Å²) in [6.07, 6.45) is 1.44. The Morgan fingerprint density at radius 2 is 2.00 bits per heavy atom. The summed E-state index contributed by atoms with van der Waals surface area (Å²) in [6, 6.07) is 2.42. The van der Waals surface area contributed by atoms with E-state index in [1.165, 1.54) is 6.20 Å². The molecule has 0 aliphatic rings. The molecule has 21 heavy (non-hydrogen) atoms. The van der Waals surface area contributed by atoms with E-state index in [-0.39, 0.29) is 5.91 Å². The van der Waals surface area contributed by atoms with Gasteiger partial charge in [0.25, 0.3) is 5.91 Å². The van der Waals surface area contributed by atoms with Crippen LogP contribution in [0.15, 0.2) is 12.3 Å². The molecule has 118 valence electrons. The largest absolute Gasteiger partial charge is 0.351 e. The van der Waals surface area contributed by atoms with E-state index in [9.17, 15) is 4.79 Å². The van der Waals surface area contributed by atoms with E-state index in [0.717, 1.165) is 6.54 Å². The number of nitrogens with zero attached hydrogens (tertiary/aromatic N) is 2. The lowest BCUT2D eigenvalue weighted by Gasteiger charge is -2.30. The first-order chi connectivity index (χ1) is 9.86. The lowest BCUT2D eigenvalue weighted by atomic mass is 10.2. The van der Waals surface area contributed by atoms with E-state index in [2.05, 4.69) is 48.3 Å². The summed E-state index contributed by atoms with van der Waals surface area (Å²) < 4.78 is 0. The van der Waals surface area contributed by atoms with Gasteiger partial charge in [0.2, 0.25) is 0 Å². The number of nitrogens with two attached hydrogens (primary N) is 1. The van der Waals surface area contributed by atoms with Crippen molar-refractivity contribution in [2.24, 2.45) is 5.84 Å². The average molecular weight is 314 g/mol. The summed E-state index contributed by atoms with van der Waals surface area (Å²) in [5.41, 5.74) is 2.78. The van der Waals surface area contributed by atoms with Crippen molar-refractivity contribution in [2.45, 2.75) is 39.8 Å². The molecule has 0 spiro atoms. The molecular formula is C14H24ClN5O. The van der Waals surface area contributed by atoms with Crippen molar-refractivity contribution >= 4 is 23.3 Å². The smallest absolute Gasteiger partial charge is 0.252 e. The first kappa shape index (κ1) is 17.7. The zero-order chi connectivity index (χ0) is 16.0. The highest BCUT2D eigenvalue weighted by molar-refractivity contribution is 6.33. The van der Waals surface area contributed by atoms with Crippen molar-refractivity contribution in [1.82, 2.24) is 15.2 Å². The van der Waals surface area contributed by atoms with Gasteiger partial charge in [-0.15, -0.1) is 0 Å². The predicted octanol–water partition coefficient (Wildman–Crippen LogP) is 1.87. The normalized spacial score (nSPS) is 11.3. The number of anilines is 1. The summed E-state index contributed by atoms with van der Waals surface area (Å²) in [7, 11) is 0. The summed E-state index contributed by atoms with van der Waals surface area (Å²) in [5.74, 6) is 5.40. The van der Waals surface area contributed by atoms with Gasteiger partial charge in [0.1, 0.15) is 0 Å². The predicted molar refractivity (Wildman–Crippen MR) is 86.4 cm³/mol. The third-order valence-corrected chi connectivity index (χ3v) is 3.51. The molecule has 1 aromatic heterocycles. The number of carbonyl (C=O) groups excluding carboxylic acids is 1. The van der Waals surface area contributed by atoms with Gasteiger partial charge < -0.3 is 10.7 Å². The van der Waals surface area contributed by atoms with Crippen LogP contribution in [0.2, 0.25) is 5.02 Å². The fourth-order valence-corrected chi connectivity index (χ4v) is 2.40. The number of hydrogen-bond donors (Lipinski definition) is 3. The summed E-state index contributed by atoms with van der Waals surface area (Å²) >= 11 is 5.95. The molecule has 0 aromatic carbocycles. The Labute approximate surface area is 131 Å². The number of aromatic nitrogens is 1. The maximum atomic E-state index is 12.0. The van der Waals surface area contributed by atoms with Crippen molar-refractivity contribution in [3.63, 3.8) is 0 Å². The molecule has 1 aromatic rings. The maximum absolute atomic E-state index is 12.0. The van der Waals surface area contributed by atoms with Crippen molar-refractivity contribution in [3.8, 4) is 0 Å². The summed E-state index contributed by atoms with van der Waals surface area (Å²) in [5, 5.41) is 3.19. The highest BCUT2D eigenvalue weighted by Crippen LogP contribution is 2.18. The molecule has 1 rings (SSSR count). The number of amides is 1. The van der Waals surface area contributed by atoms with Crippen LogP contribution < -0.4 is 16.6 Å². The van der Waals surface area contributed by atoms with Crippen molar-refractivity contribution in [1.29, 1.82) is 0 Å². The Balaban J connectivity index is 2.56. The van der Waals surface area contributed by atoms with E-state index < -0.39 is 0 Å². The zero-order valence-corrected chi connectivity index (χ0v) is 13.7. The van der Waals surface area contributed by atoms with E-state index in [1.54, 1.807) is 6.07 Å². The molecule has 0 aliphatic carbocycles. The van der Waals surface area contributed by atoms with Crippen LogP contribution in [0, 0.1) is 0 Å². The monoisotopic (exact) mass is 313 g/mol. The third-order valence-electron chi connectivity index (χ3n) is 3.22. The van der Waals surface area contributed by atoms with E-state index in [4.69, 9.17) is 17.4 Å². The fourth-order valence-electron chi connectivity index (χ4n) is 2.18. The Hall–Kier alpha value is -1.37. The Bertz CT molecular complexity index is 470. The average Bonchev–Trinajstić information content (AvgIpc) is 2.42. The number of nitrogens with one attached hydrogen (secondary N) is 2. The van der Waals surface area contributed by atoms with Crippen LogP contribution in [-0.4, -0.2) is 41.0 Å². The number of carbonyl (C=O) groups is 1. The molecule has 1 heterocycles. The highest BCUT2D eigenvalue weighted by atomic mass is 35.5. The minimum atomic E-state index is -0.194. The Morgan fingerprint density at radius 3 is 2.48 bits per heavy atom. The first-order valence-corrected chi connectivity index (χ1v) is 7.40. The number of pyridine rings is 1. The van der Waals surface area contributed by atoms with Gasteiger partial charge >= 0.3 is 0 Å². The number of halogens is 1. The van der Waals surface area contributed by atoms with Crippen LogP contribution in [-0.2, 0) is 0 Å². The van der Waals surface area contributed by atoms with Gasteiger partial charge in [-0.2, -0.15) is 0 Å². The molecule has 7 heteroatoms. The van der Waals surface area contributed by atoms with Gasteiger partial charge in [-0.05, 0) is 33.8 Å². The Morgan fingerprint density at radius 1 is 1.38 bits per heavy atom. The van der Waals surface area contributed by atoms with Gasteiger partial charge in [0, 0.05) is 31.4 Å². The van der Waals surface area contributed by atoms with Gasteiger partial charge in [-0.3, -0.25) is 9.69 Å². The molecular weight excluding hydrogens is 290 g/mol. The summed E-state index contributed by atoms with van der Waals surface area (Å²) in [4.78, 5) is 18.3. The SMILES string of the molecule is CC(C)N(CCNC(=O)c1cnc(NN)c(Cl)c1)C(C)C. The van der Waals surface area contributed by atoms with E-state index >= 15 is 0 Å². The van der Waals surface area contributed by atoms with E-state index in [1.807, 2.05) is 0 Å². The molecule has 0 saturated carbocycles. The minimum absolute atomic E-state index is 0.194. The molecule has 0 unspecified atom stereocenters. The molecule has 4 N–H and O–H groups in total. The number of hydrazine groups is 1. The molecule has 0 atom stereocenters. The van der Waals surface area contributed by atoms with E-state index in [0.29, 0.717) is 35.0 Å². The molecule has 0 radical (unpaired) electrons. The summed E-state index contributed by atoms with van der Waals surface area (Å²) in [6.45, 7) is 9.94. The van der Waals surface area contributed by atoms with Crippen LogP contribution in [0.3, 0.4) is 0 Å². The van der Waals surface area contributed by atoms with Crippen LogP contribution in [0.25, 0.3) is 0 Å². The van der Waals surface area contributed by atoms with Gasteiger partial charge in [0.05, 0.1) is 10.6 Å². The number of hydrogen-bond acceptors (Lipinski definition) is 5. The molecule has 0 bridgehead atoms. The standard InChI is InChI=1S/C14H24ClN5O/c1-9(2)20(10(3)4)6-5-17-14(21)11-7-12(15)13(19-16)18-8-11/h7-10H,5-6,16H2,1-4H3,(H,17,21)(H,18,19). The van der Waals surface area contributed by atoms with Crippen LogP contribution in [0.5, 0.6) is 0 Å². The second kappa shape index (κ2) is 8.17. The molecule has 0 aliphatic heterocycles. The van der Waals surface area contributed by atoms with Crippen LogP contribution in [0.1, 0.15) is 38.1 Å². The van der Waals surface area contributed by atoms with Crippen molar-refractivity contribution in [3.05, 3.63) is 22.8 Å². The highest BCUT2D eigenvalue weighted by Gasteiger charge is 2.14. The fraction of sp³-hybridized carbons (Fsp3) is 0.571. The molecule has 0 fully saturated rings. The minimum Gasteiger partial charge on any atom is -0.351 e. The second-order valence-electron chi connectivity index (χ2n) is 5.38. The van der Waals surface area contributed by atoms with Crippen LogP contribution in [0.4, 0.5) is 5.82 Å². The van der Waals surface area contributed by atoms with Crippen molar-refractivity contribution in [2.75, 3.05) is 18.5 Å². The van der Waals surface area contributed by atoms with Crippen LogP contribution >= 0.6 is 11.6 Å². The lowest BCUT2D eigenvalue weighted by molar-refractivity contribution is 0.0939. The zero-order valence-electron chi connectivity index (χ0n) is 13.0. The molecule has 0 saturated heterocycles. The number of rotatable bonds is 7. The number of nitrogen functional groups attached to an aromatic ring is 1. The lowest BCUT2D eigenvalue weighted by Crippen LogP contribution is -2.42. The molecule has 1 amide bonds. The van der Waals surface area contributed by atoms with Gasteiger partial charge in [0.15, 0.2) is 5.82 Å². The maximum Gasteiger partial charge on any atom is 0.252 e. The van der Waals surface area contributed by atoms with Gasteiger partial charge in [-0.25, -0.2) is 10.8 Å². The Kier molecular flexibility index (Phi) is 6.87. The molecule has 6 nitrogen and oxygen atoms in total. The first-order valence-electron chi connectivity index (χ1n) is 7.03. The van der Waals surface area contributed by atoms with Gasteiger partial charge in [-0.1, -0.05) is 11.6 Å². The topological polar surface area (TPSA) is 83.3 Å². The quantitative estimate of drug-likeness (QED) is 0.529. The van der Waals surface area contributed by atoms with Crippen molar-refractivity contribution < 1.29 is 4.79 Å². The third kappa shape index (κ3) is 5.15.